The van der Waals surface area contributed by atoms with Crippen molar-refractivity contribution in [3.63, 3.8) is 0 Å². The van der Waals surface area contributed by atoms with Crippen LogP contribution in [0.1, 0.15) is 67.2 Å². The Morgan fingerprint density at radius 2 is 0.857 bits per heavy atom. The van der Waals surface area contributed by atoms with Gasteiger partial charge in [0.2, 0.25) is 0 Å². The molecule has 0 aromatic heterocycles. The summed E-state index contributed by atoms with van der Waals surface area (Å²) in [6.07, 6.45) is 5.69. The van der Waals surface area contributed by atoms with Crippen LogP contribution < -0.4 is 0 Å². The maximum absolute atomic E-state index is 2.39. The van der Waals surface area contributed by atoms with E-state index in [1.54, 1.807) is 0 Å². The molecule has 0 spiro atoms. The molecule has 0 aliphatic heterocycles. The molecule has 0 bridgehead atoms. The molecule has 14 heavy (non-hydrogen) atoms. The Morgan fingerprint density at radius 1 is 0.571 bits per heavy atom. The van der Waals surface area contributed by atoms with Gasteiger partial charge in [-0.25, -0.2) is 0 Å². The molecule has 0 rings (SSSR count). The van der Waals surface area contributed by atoms with Crippen molar-refractivity contribution in [3.05, 3.63) is 0 Å². The Morgan fingerprint density at radius 3 is 1.07 bits per heavy atom. The third-order valence-electron chi connectivity index (χ3n) is 3.85. The zero-order chi connectivity index (χ0) is 11.1. The van der Waals surface area contributed by atoms with Crippen molar-refractivity contribution < 1.29 is 0 Å². The Hall–Kier alpha value is 0. The highest BCUT2D eigenvalue weighted by Crippen LogP contribution is 2.21. The highest BCUT2D eigenvalue weighted by atomic mass is 14.1. The van der Waals surface area contributed by atoms with Gasteiger partial charge in [0.25, 0.3) is 0 Å². The maximum atomic E-state index is 2.39. The van der Waals surface area contributed by atoms with Crippen LogP contribution in [0.15, 0.2) is 0 Å². The van der Waals surface area contributed by atoms with Crippen LogP contribution in [0.25, 0.3) is 0 Å². The fraction of sp³-hybridized carbons (Fsp3) is 1.00. The van der Waals surface area contributed by atoms with Crippen LogP contribution in [0.5, 0.6) is 0 Å². The lowest BCUT2D eigenvalue weighted by molar-refractivity contribution is 0.343. The molecular weight excluding hydrogens is 168 g/mol. The number of hydrogen-bond acceptors (Lipinski definition) is 0. The first kappa shape index (κ1) is 14.0. The normalized spacial score (nSPS) is 16.3. The van der Waals surface area contributed by atoms with Crippen LogP contribution in [0.2, 0.25) is 0 Å². The lowest BCUT2D eigenvalue weighted by Crippen LogP contribution is -2.06. The summed E-state index contributed by atoms with van der Waals surface area (Å²) in [7, 11) is 0. The summed E-state index contributed by atoms with van der Waals surface area (Å²) in [5.41, 5.74) is 0. The monoisotopic (exact) mass is 198 g/mol. The third kappa shape index (κ3) is 6.45. The molecule has 0 saturated carbocycles. The predicted octanol–water partition coefficient (Wildman–Crippen LogP) is 5.13. The summed E-state index contributed by atoms with van der Waals surface area (Å²) < 4.78 is 0. The van der Waals surface area contributed by atoms with Gasteiger partial charge in [0.05, 0.1) is 0 Å². The number of unbranched alkanes of at least 4 members (excludes halogenated alkanes) is 1. The van der Waals surface area contributed by atoms with E-state index in [1.807, 2.05) is 0 Å². The highest BCUT2D eigenvalue weighted by Gasteiger charge is 2.09. The van der Waals surface area contributed by atoms with Gasteiger partial charge in [0.15, 0.2) is 0 Å². The topological polar surface area (TPSA) is 0 Å². The van der Waals surface area contributed by atoms with Gasteiger partial charge in [-0.3, -0.25) is 0 Å². The smallest absolute Gasteiger partial charge is 0.0420 e. The maximum Gasteiger partial charge on any atom is -0.0420 e. The van der Waals surface area contributed by atoms with Crippen LogP contribution in [-0.2, 0) is 0 Å². The minimum atomic E-state index is 0.859. The lowest BCUT2D eigenvalue weighted by Gasteiger charge is -2.17. The van der Waals surface area contributed by atoms with E-state index in [0.29, 0.717) is 0 Å². The molecule has 0 heterocycles. The van der Waals surface area contributed by atoms with E-state index < -0.39 is 0 Å². The van der Waals surface area contributed by atoms with E-state index in [-0.39, 0.29) is 0 Å². The molecule has 0 radical (unpaired) electrons. The van der Waals surface area contributed by atoms with Gasteiger partial charge in [0, 0.05) is 0 Å². The summed E-state index contributed by atoms with van der Waals surface area (Å²) in [4.78, 5) is 0. The largest absolute Gasteiger partial charge is 0.0625 e. The molecule has 0 aliphatic rings. The van der Waals surface area contributed by atoms with Gasteiger partial charge < -0.3 is 0 Å². The van der Waals surface area contributed by atoms with Crippen molar-refractivity contribution in [1.29, 1.82) is 0 Å². The number of hydrogen-bond donors (Lipinski definition) is 0. The van der Waals surface area contributed by atoms with Crippen LogP contribution >= 0.6 is 0 Å². The molecule has 0 aromatic carbocycles. The minimum Gasteiger partial charge on any atom is -0.0625 e. The number of rotatable bonds is 7. The second-order valence-corrected chi connectivity index (χ2v) is 5.73. The van der Waals surface area contributed by atoms with E-state index in [1.165, 1.54) is 25.7 Å². The van der Waals surface area contributed by atoms with Crippen molar-refractivity contribution in [2.75, 3.05) is 0 Å². The third-order valence-corrected chi connectivity index (χ3v) is 3.85. The Labute approximate surface area is 91.5 Å². The zero-order valence-corrected chi connectivity index (χ0v) is 11.1. The van der Waals surface area contributed by atoms with Gasteiger partial charge in [-0.15, -0.1) is 0 Å². The second kappa shape index (κ2) is 7.31. The SMILES string of the molecule is CC(C)C(C)CCCCC(C)C(C)C. The molecule has 0 nitrogen and oxygen atoms in total. The Balaban J connectivity index is 3.38. The van der Waals surface area contributed by atoms with Gasteiger partial charge >= 0.3 is 0 Å². The van der Waals surface area contributed by atoms with E-state index in [0.717, 1.165) is 23.7 Å². The van der Waals surface area contributed by atoms with Crippen LogP contribution in [-0.4, -0.2) is 0 Å². The average Bonchev–Trinajstić information content (AvgIpc) is 2.11. The molecule has 0 fully saturated rings. The standard InChI is InChI=1S/C14H30/c1-11(2)13(5)9-7-8-10-14(6)12(3)4/h11-14H,7-10H2,1-6H3. The highest BCUT2D eigenvalue weighted by molar-refractivity contribution is 4.60. The molecule has 0 amide bonds. The Kier molecular flexibility index (Phi) is 7.31. The molecule has 0 aliphatic carbocycles. The van der Waals surface area contributed by atoms with Crippen molar-refractivity contribution in [1.82, 2.24) is 0 Å². The zero-order valence-electron chi connectivity index (χ0n) is 11.1. The fourth-order valence-electron chi connectivity index (χ4n) is 1.60. The van der Waals surface area contributed by atoms with E-state index in [9.17, 15) is 0 Å². The molecule has 0 aromatic rings. The summed E-state index contributed by atoms with van der Waals surface area (Å²) in [6.45, 7) is 14.1. The van der Waals surface area contributed by atoms with Crippen LogP contribution in [0.3, 0.4) is 0 Å². The van der Waals surface area contributed by atoms with Gasteiger partial charge in [-0.1, -0.05) is 67.2 Å². The first-order valence-corrected chi connectivity index (χ1v) is 6.45. The Bertz CT molecular complexity index is 108. The van der Waals surface area contributed by atoms with Crippen molar-refractivity contribution in [2.24, 2.45) is 23.7 Å². The van der Waals surface area contributed by atoms with Gasteiger partial charge in [-0.05, 0) is 23.7 Å². The lowest BCUT2D eigenvalue weighted by atomic mass is 9.89. The minimum absolute atomic E-state index is 0.859. The first-order valence-electron chi connectivity index (χ1n) is 6.45. The second-order valence-electron chi connectivity index (χ2n) is 5.73. The molecule has 2 unspecified atom stereocenters. The first-order chi connectivity index (χ1) is 6.45. The van der Waals surface area contributed by atoms with Crippen molar-refractivity contribution >= 4 is 0 Å². The van der Waals surface area contributed by atoms with E-state index in [4.69, 9.17) is 0 Å². The van der Waals surface area contributed by atoms with Gasteiger partial charge in [-0.2, -0.15) is 0 Å². The van der Waals surface area contributed by atoms with Gasteiger partial charge in [0.1, 0.15) is 0 Å². The predicted molar refractivity (Wildman–Crippen MR) is 66.5 cm³/mol. The van der Waals surface area contributed by atoms with Crippen molar-refractivity contribution in [3.8, 4) is 0 Å². The van der Waals surface area contributed by atoms with E-state index in [2.05, 4.69) is 41.5 Å². The molecule has 2 atom stereocenters. The summed E-state index contributed by atoms with van der Waals surface area (Å²) >= 11 is 0. The van der Waals surface area contributed by atoms with E-state index >= 15 is 0 Å². The summed E-state index contributed by atoms with van der Waals surface area (Å²) in [5.74, 6) is 3.53. The quantitative estimate of drug-likeness (QED) is 0.497. The van der Waals surface area contributed by atoms with Crippen LogP contribution in [0, 0.1) is 23.7 Å². The molecule has 0 heteroatoms. The summed E-state index contributed by atoms with van der Waals surface area (Å²) in [5, 5.41) is 0. The fourth-order valence-corrected chi connectivity index (χ4v) is 1.60. The van der Waals surface area contributed by atoms with Crippen LogP contribution in [0.4, 0.5) is 0 Å². The summed E-state index contributed by atoms with van der Waals surface area (Å²) in [6, 6.07) is 0. The molecule has 86 valence electrons. The molecular formula is C14H30. The molecule has 0 N–H and O–H groups in total. The van der Waals surface area contributed by atoms with Crippen molar-refractivity contribution in [2.45, 2.75) is 67.2 Å². The average molecular weight is 198 g/mol. The molecule has 0 saturated heterocycles.